The molecule has 0 radical (unpaired) electrons. The van der Waals surface area contributed by atoms with Crippen molar-refractivity contribution in [2.75, 3.05) is 25.0 Å². The molecule has 0 spiro atoms. The standard InChI is InChI=1S/C29H30N4O2/c1-20-10-15-26(21(2)18-20)30-29-25-9-5-4-8-24(25)28(31-32-29)22-11-13-23(14-12-22)35-19-27(34)33-16-6-3-7-17-33/h4-5,8-15,18H,3,6-7,16-17,19H2,1-2H3,(H,30,32). The molecule has 6 heteroatoms. The summed E-state index contributed by atoms with van der Waals surface area (Å²) >= 11 is 0. The second kappa shape index (κ2) is 10.1. The van der Waals surface area contributed by atoms with Gasteiger partial charge in [0.05, 0.1) is 0 Å². The molecule has 5 rings (SSSR count). The van der Waals surface area contributed by atoms with E-state index >= 15 is 0 Å². The Bertz CT molecular complexity index is 1340. The van der Waals surface area contributed by atoms with E-state index in [-0.39, 0.29) is 12.5 Å². The van der Waals surface area contributed by atoms with Crippen molar-refractivity contribution in [1.29, 1.82) is 0 Å². The number of rotatable bonds is 6. The third-order valence-electron chi connectivity index (χ3n) is 6.52. The molecule has 3 aromatic carbocycles. The highest BCUT2D eigenvalue weighted by atomic mass is 16.5. The van der Waals surface area contributed by atoms with E-state index in [1.54, 1.807) is 0 Å². The number of hydrogen-bond acceptors (Lipinski definition) is 5. The van der Waals surface area contributed by atoms with E-state index < -0.39 is 0 Å². The molecule has 0 unspecified atom stereocenters. The van der Waals surface area contributed by atoms with E-state index in [9.17, 15) is 4.79 Å². The topological polar surface area (TPSA) is 67.4 Å². The maximum Gasteiger partial charge on any atom is 0.260 e. The van der Waals surface area contributed by atoms with Crippen LogP contribution in [-0.4, -0.2) is 40.7 Å². The summed E-state index contributed by atoms with van der Waals surface area (Å²) in [7, 11) is 0. The molecule has 4 aromatic rings. The maximum atomic E-state index is 12.4. The maximum absolute atomic E-state index is 12.4. The van der Waals surface area contributed by atoms with E-state index in [1.165, 1.54) is 12.0 Å². The third-order valence-corrected chi connectivity index (χ3v) is 6.52. The van der Waals surface area contributed by atoms with Crippen LogP contribution in [0.3, 0.4) is 0 Å². The normalized spacial score (nSPS) is 13.6. The molecular formula is C29H30N4O2. The highest BCUT2D eigenvalue weighted by Crippen LogP contribution is 2.32. The van der Waals surface area contributed by atoms with Gasteiger partial charge in [-0.15, -0.1) is 10.2 Å². The lowest BCUT2D eigenvalue weighted by Gasteiger charge is -2.26. The number of aryl methyl sites for hydroxylation is 2. The monoisotopic (exact) mass is 466 g/mol. The molecule has 1 aliphatic rings. The number of carbonyl (C=O) groups excluding carboxylic acids is 1. The average molecular weight is 467 g/mol. The smallest absolute Gasteiger partial charge is 0.260 e. The largest absolute Gasteiger partial charge is 0.484 e. The number of benzene rings is 3. The van der Waals surface area contributed by atoms with E-state index in [0.717, 1.165) is 65.0 Å². The molecule has 1 fully saturated rings. The predicted octanol–water partition coefficient (Wildman–Crippen LogP) is 6.05. The third kappa shape index (κ3) is 5.11. The molecule has 178 valence electrons. The number of nitrogens with zero attached hydrogens (tertiary/aromatic N) is 3. The minimum atomic E-state index is 0.0533. The Balaban J connectivity index is 1.35. The molecule has 1 aromatic heterocycles. The zero-order chi connectivity index (χ0) is 24.2. The number of amides is 1. The molecule has 6 nitrogen and oxygen atoms in total. The van der Waals surface area contributed by atoms with Gasteiger partial charge in [0, 0.05) is 35.1 Å². The van der Waals surface area contributed by atoms with Gasteiger partial charge in [-0.1, -0.05) is 42.0 Å². The Hall–Kier alpha value is -3.93. The molecule has 35 heavy (non-hydrogen) atoms. The van der Waals surface area contributed by atoms with Crippen molar-refractivity contribution in [2.24, 2.45) is 0 Å². The average Bonchev–Trinajstić information content (AvgIpc) is 2.90. The lowest BCUT2D eigenvalue weighted by molar-refractivity contribution is -0.134. The van der Waals surface area contributed by atoms with Crippen LogP contribution in [-0.2, 0) is 4.79 Å². The van der Waals surface area contributed by atoms with Crippen LogP contribution in [0.25, 0.3) is 22.0 Å². The van der Waals surface area contributed by atoms with Crippen molar-refractivity contribution in [3.05, 3.63) is 77.9 Å². The van der Waals surface area contributed by atoms with E-state index in [0.29, 0.717) is 5.75 Å². The summed E-state index contributed by atoms with van der Waals surface area (Å²) in [6, 6.07) is 22.2. The van der Waals surface area contributed by atoms with Gasteiger partial charge in [0.2, 0.25) is 0 Å². The summed E-state index contributed by atoms with van der Waals surface area (Å²) in [5.74, 6) is 1.45. The summed E-state index contributed by atoms with van der Waals surface area (Å²) in [5, 5.41) is 14.6. The second-order valence-electron chi connectivity index (χ2n) is 9.14. The van der Waals surface area contributed by atoms with Gasteiger partial charge in [-0.25, -0.2) is 0 Å². The van der Waals surface area contributed by atoms with Gasteiger partial charge in [0.1, 0.15) is 11.4 Å². The van der Waals surface area contributed by atoms with Crippen molar-refractivity contribution in [2.45, 2.75) is 33.1 Å². The van der Waals surface area contributed by atoms with E-state index in [1.807, 2.05) is 41.3 Å². The fourth-order valence-electron chi connectivity index (χ4n) is 4.58. The lowest BCUT2D eigenvalue weighted by atomic mass is 10.0. The SMILES string of the molecule is Cc1ccc(Nc2nnc(-c3ccc(OCC(=O)N4CCCCC4)cc3)c3ccccc23)c(C)c1. The number of nitrogens with one attached hydrogen (secondary N) is 1. The summed E-state index contributed by atoms with van der Waals surface area (Å²) in [6.45, 7) is 5.91. The van der Waals surface area contributed by atoms with Gasteiger partial charge in [-0.2, -0.15) is 0 Å². The van der Waals surface area contributed by atoms with Crippen LogP contribution in [0.15, 0.2) is 66.7 Å². The van der Waals surface area contributed by atoms with Crippen LogP contribution in [0, 0.1) is 13.8 Å². The zero-order valence-corrected chi connectivity index (χ0v) is 20.3. The molecule has 1 aliphatic heterocycles. The van der Waals surface area contributed by atoms with E-state index in [2.05, 4.69) is 59.7 Å². The van der Waals surface area contributed by atoms with Gasteiger partial charge in [0.25, 0.3) is 5.91 Å². The van der Waals surface area contributed by atoms with Crippen LogP contribution >= 0.6 is 0 Å². The Morgan fingerprint density at radius 3 is 2.40 bits per heavy atom. The Kier molecular flexibility index (Phi) is 6.62. The fourth-order valence-corrected chi connectivity index (χ4v) is 4.58. The molecule has 0 atom stereocenters. The Morgan fingerprint density at radius 1 is 0.914 bits per heavy atom. The first-order chi connectivity index (χ1) is 17.1. The Labute approximate surface area is 205 Å². The molecule has 1 N–H and O–H groups in total. The molecule has 0 aliphatic carbocycles. The molecule has 0 saturated carbocycles. The highest BCUT2D eigenvalue weighted by molar-refractivity contribution is 6.01. The molecule has 2 heterocycles. The number of ether oxygens (including phenoxy) is 1. The molecule has 1 amide bonds. The van der Waals surface area contributed by atoms with Crippen molar-refractivity contribution >= 4 is 28.2 Å². The highest BCUT2D eigenvalue weighted by Gasteiger charge is 2.17. The number of piperidine rings is 1. The number of fused-ring (bicyclic) bond motifs is 1. The Morgan fingerprint density at radius 2 is 1.66 bits per heavy atom. The summed E-state index contributed by atoms with van der Waals surface area (Å²) in [5.41, 5.74) is 5.16. The first kappa shape index (κ1) is 22.8. The van der Waals surface area contributed by atoms with Crippen LogP contribution in [0.2, 0.25) is 0 Å². The molecular weight excluding hydrogens is 436 g/mol. The second-order valence-corrected chi connectivity index (χ2v) is 9.14. The van der Waals surface area contributed by atoms with Gasteiger partial charge in [-0.3, -0.25) is 4.79 Å². The van der Waals surface area contributed by atoms with Crippen molar-refractivity contribution < 1.29 is 9.53 Å². The predicted molar refractivity (Wildman–Crippen MR) is 140 cm³/mol. The lowest BCUT2D eigenvalue weighted by Crippen LogP contribution is -2.38. The summed E-state index contributed by atoms with van der Waals surface area (Å²) in [6.07, 6.45) is 3.36. The minimum absolute atomic E-state index is 0.0533. The number of anilines is 2. The first-order valence-corrected chi connectivity index (χ1v) is 12.2. The zero-order valence-electron chi connectivity index (χ0n) is 20.3. The van der Waals surface area contributed by atoms with Gasteiger partial charge in [0.15, 0.2) is 12.4 Å². The first-order valence-electron chi connectivity index (χ1n) is 12.2. The van der Waals surface area contributed by atoms with E-state index in [4.69, 9.17) is 4.74 Å². The van der Waals surface area contributed by atoms with Crippen molar-refractivity contribution in [1.82, 2.24) is 15.1 Å². The number of hydrogen-bond donors (Lipinski definition) is 1. The van der Waals surface area contributed by atoms with Gasteiger partial charge in [-0.05, 0) is 69.0 Å². The quantitative estimate of drug-likeness (QED) is 0.375. The van der Waals surface area contributed by atoms with Crippen molar-refractivity contribution in [3.8, 4) is 17.0 Å². The van der Waals surface area contributed by atoms with Crippen LogP contribution in [0.4, 0.5) is 11.5 Å². The van der Waals surface area contributed by atoms with Crippen LogP contribution < -0.4 is 10.1 Å². The summed E-state index contributed by atoms with van der Waals surface area (Å²) in [4.78, 5) is 14.3. The van der Waals surface area contributed by atoms with Crippen molar-refractivity contribution in [3.63, 3.8) is 0 Å². The minimum Gasteiger partial charge on any atom is -0.484 e. The number of likely N-dealkylation sites (tertiary alicyclic amines) is 1. The summed E-state index contributed by atoms with van der Waals surface area (Å²) < 4.78 is 5.77. The molecule has 1 saturated heterocycles. The van der Waals surface area contributed by atoms with Gasteiger partial charge < -0.3 is 15.0 Å². The van der Waals surface area contributed by atoms with Crippen LogP contribution in [0.5, 0.6) is 5.75 Å². The molecule has 0 bridgehead atoms. The number of aromatic nitrogens is 2. The fraction of sp³-hybridized carbons (Fsp3) is 0.276. The van der Waals surface area contributed by atoms with Crippen LogP contribution in [0.1, 0.15) is 30.4 Å². The number of carbonyl (C=O) groups is 1. The van der Waals surface area contributed by atoms with Gasteiger partial charge >= 0.3 is 0 Å².